The molecule has 19 heavy (non-hydrogen) atoms. The van der Waals surface area contributed by atoms with E-state index in [1.165, 1.54) is 17.5 Å². The Morgan fingerprint density at radius 2 is 2.11 bits per heavy atom. The fourth-order valence-electron chi connectivity index (χ4n) is 2.99. The summed E-state index contributed by atoms with van der Waals surface area (Å²) >= 11 is 3.27. The van der Waals surface area contributed by atoms with Gasteiger partial charge in [0.25, 0.3) is 0 Å². The second-order valence-electron chi connectivity index (χ2n) is 5.18. The van der Waals surface area contributed by atoms with Gasteiger partial charge in [-0.3, -0.25) is 0 Å². The molecule has 1 aliphatic rings. The van der Waals surface area contributed by atoms with E-state index in [0.717, 1.165) is 19.3 Å². The molecule has 1 N–H and O–H groups in total. The minimum atomic E-state index is -0.526. The lowest BCUT2D eigenvalue weighted by atomic mass is 9.80. The van der Waals surface area contributed by atoms with Crippen molar-refractivity contribution in [1.82, 2.24) is 0 Å². The van der Waals surface area contributed by atoms with Crippen LogP contribution in [0.5, 0.6) is 0 Å². The number of aryl methyl sites for hydroxylation is 1. The van der Waals surface area contributed by atoms with Crippen molar-refractivity contribution in [3.8, 4) is 0 Å². The van der Waals surface area contributed by atoms with Crippen molar-refractivity contribution in [2.45, 2.75) is 37.7 Å². The molecule has 0 radical (unpaired) electrons. The van der Waals surface area contributed by atoms with E-state index in [4.69, 9.17) is 4.42 Å². The highest BCUT2D eigenvalue weighted by Gasteiger charge is 2.24. The summed E-state index contributed by atoms with van der Waals surface area (Å²) in [7, 11) is 0. The van der Waals surface area contributed by atoms with Crippen molar-refractivity contribution in [1.29, 1.82) is 0 Å². The van der Waals surface area contributed by atoms with E-state index in [9.17, 15) is 5.11 Å². The average Bonchev–Trinajstić information content (AvgIpc) is 2.86. The molecule has 0 bridgehead atoms. The van der Waals surface area contributed by atoms with Crippen molar-refractivity contribution >= 4 is 15.9 Å². The Labute approximate surface area is 121 Å². The summed E-state index contributed by atoms with van der Waals surface area (Å²) in [6, 6.07) is 12.3. The van der Waals surface area contributed by atoms with Crippen LogP contribution < -0.4 is 0 Å². The lowest BCUT2D eigenvalue weighted by Gasteiger charge is -2.26. The number of furan rings is 1. The molecule has 0 amide bonds. The van der Waals surface area contributed by atoms with Crippen LogP contribution in [-0.4, -0.2) is 5.11 Å². The van der Waals surface area contributed by atoms with Gasteiger partial charge in [-0.25, -0.2) is 0 Å². The van der Waals surface area contributed by atoms with E-state index in [0.29, 0.717) is 16.3 Å². The Kier molecular flexibility index (Phi) is 3.76. The first-order valence-corrected chi connectivity index (χ1v) is 7.54. The van der Waals surface area contributed by atoms with Gasteiger partial charge in [0.2, 0.25) is 0 Å². The number of halogens is 1. The van der Waals surface area contributed by atoms with Crippen molar-refractivity contribution in [3.05, 3.63) is 58.0 Å². The zero-order valence-electron chi connectivity index (χ0n) is 10.7. The molecule has 0 saturated heterocycles. The molecule has 1 aliphatic carbocycles. The highest BCUT2D eigenvalue weighted by atomic mass is 79.9. The first kappa shape index (κ1) is 12.9. The summed E-state index contributed by atoms with van der Waals surface area (Å²) < 4.78 is 6.11. The van der Waals surface area contributed by atoms with E-state index in [1.807, 2.05) is 12.1 Å². The molecule has 1 aromatic carbocycles. The van der Waals surface area contributed by atoms with Crippen molar-refractivity contribution in [2.75, 3.05) is 0 Å². The summed E-state index contributed by atoms with van der Waals surface area (Å²) in [5, 5.41) is 10.3. The van der Waals surface area contributed by atoms with Crippen LogP contribution in [0.4, 0.5) is 0 Å². The van der Waals surface area contributed by atoms with Crippen LogP contribution in [0.3, 0.4) is 0 Å². The van der Waals surface area contributed by atoms with Gasteiger partial charge in [-0.1, -0.05) is 24.3 Å². The number of hydrogen-bond donors (Lipinski definition) is 1. The van der Waals surface area contributed by atoms with Gasteiger partial charge >= 0.3 is 0 Å². The summed E-state index contributed by atoms with van der Waals surface area (Å²) in [6.07, 6.45) is 3.72. The quantitative estimate of drug-likeness (QED) is 0.897. The SMILES string of the molecule is OC(CC1CCCc2ccccc21)c1ccc(Br)o1. The first-order valence-electron chi connectivity index (χ1n) is 6.75. The zero-order valence-corrected chi connectivity index (χ0v) is 12.3. The third-order valence-corrected chi connectivity index (χ3v) is 4.35. The molecule has 2 aromatic rings. The Morgan fingerprint density at radius 3 is 2.89 bits per heavy atom. The molecule has 0 aliphatic heterocycles. The molecule has 0 spiro atoms. The molecule has 2 unspecified atom stereocenters. The van der Waals surface area contributed by atoms with Crippen molar-refractivity contribution in [2.24, 2.45) is 0 Å². The van der Waals surface area contributed by atoms with Gasteiger partial charge in [-0.2, -0.15) is 0 Å². The van der Waals surface area contributed by atoms with Crippen molar-refractivity contribution < 1.29 is 9.52 Å². The second-order valence-corrected chi connectivity index (χ2v) is 5.96. The van der Waals surface area contributed by atoms with Crippen LogP contribution in [0.25, 0.3) is 0 Å². The van der Waals surface area contributed by atoms with E-state index >= 15 is 0 Å². The van der Waals surface area contributed by atoms with Crippen LogP contribution >= 0.6 is 15.9 Å². The molecule has 1 heterocycles. The highest BCUT2D eigenvalue weighted by molar-refractivity contribution is 9.10. The maximum absolute atomic E-state index is 10.3. The smallest absolute Gasteiger partial charge is 0.169 e. The molecule has 0 saturated carbocycles. The van der Waals surface area contributed by atoms with Crippen LogP contribution in [0, 0.1) is 0 Å². The van der Waals surface area contributed by atoms with Crippen LogP contribution in [0.15, 0.2) is 45.5 Å². The standard InChI is InChI=1S/C16H17BrO2/c17-16-9-8-15(19-16)14(18)10-12-6-3-5-11-4-1-2-7-13(11)12/h1-2,4,7-9,12,14,18H,3,5-6,10H2. The Bertz CT molecular complexity index is 561. The van der Waals surface area contributed by atoms with Crippen LogP contribution in [0.1, 0.15) is 48.2 Å². The minimum absolute atomic E-state index is 0.434. The average molecular weight is 321 g/mol. The molecule has 1 aromatic heterocycles. The minimum Gasteiger partial charge on any atom is -0.452 e. The van der Waals surface area contributed by atoms with Gasteiger partial charge in [-0.05, 0) is 70.8 Å². The largest absolute Gasteiger partial charge is 0.452 e. The molecular weight excluding hydrogens is 304 g/mol. The number of hydrogen-bond acceptors (Lipinski definition) is 2. The van der Waals surface area contributed by atoms with E-state index in [-0.39, 0.29) is 0 Å². The summed E-state index contributed by atoms with van der Waals surface area (Å²) in [5.41, 5.74) is 2.84. The normalized spacial score (nSPS) is 20.0. The number of aliphatic hydroxyl groups is 1. The third kappa shape index (κ3) is 2.77. The molecule has 2 nitrogen and oxygen atoms in total. The predicted molar refractivity (Wildman–Crippen MR) is 78.1 cm³/mol. The lowest BCUT2D eigenvalue weighted by Crippen LogP contribution is -2.12. The molecular formula is C16H17BrO2. The summed E-state index contributed by atoms with van der Waals surface area (Å²) in [6.45, 7) is 0. The first-order chi connectivity index (χ1) is 9.24. The van der Waals surface area contributed by atoms with Crippen LogP contribution in [0.2, 0.25) is 0 Å². The molecule has 3 rings (SSSR count). The Morgan fingerprint density at radius 1 is 1.26 bits per heavy atom. The lowest BCUT2D eigenvalue weighted by molar-refractivity contribution is 0.127. The second kappa shape index (κ2) is 5.51. The molecule has 2 atom stereocenters. The summed E-state index contributed by atoms with van der Waals surface area (Å²) in [4.78, 5) is 0. The van der Waals surface area contributed by atoms with E-state index in [2.05, 4.69) is 40.2 Å². The van der Waals surface area contributed by atoms with Gasteiger partial charge in [-0.15, -0.1) is 0 Å². The number of aliphatic hydroxyl groups excluding tert-OH is 1. The molecule has 3 heteroatoms. The number of fused-ring (bicyclic) bond motifs is 1. The van der Waals surface area contributed by atoms with Gasteiger partial charge in [0, 0.05) is 0 Å². The topological polar surface area (TPSA) is 33.4 Å². The molecule has 0 fully saturated rings. The van der Waals surface area contributed by atoms with Crippen LogP contribution in [-0.2, 0) is 6.42 Å². The van der Waals surface area contributed by atoms with Crippen molar-refractivity contribution in [3.63, 3.8) is 0 Å². The van der Waals surface area contributed by atoms with Gasteiger partial charge in [0.05, 0.1) is 0 Å². The maximum Gasteiger partial charge on any atom is 0.169 e. The highest BCUT2D eigenvalue weighted by Crippen LogP contribution is 2.38. The van der Waals surface area contributed by atoms with E-state index < -0.39 is 6.10 Å². The van der Waals surface area contributed by atoms with Gasteiger partial charge in [0.1, 0.15) is 11.9 Å². The monoisotopic (exact) mass is 320 g/mol. The fourth-order valence-corrected chi connectivity index (χ4v) is 3.31. The van der Waals surface area contributed by atoms with Gasteiger partial charge < -0.3 is 9.52 Å². The Balaban J connectivity index is 1.77. The molecule has 100 valence electrons. The Hall–Kier alpha value is -1.06. The zero-order chi connectivity index (χ0) is 13.2. The van der Waals surface area contributed by atoms with E-state index in [1.54, 1.807) is 0 Å². The predicted octanol–water partition coefficient (Wildman–Crippen LogP) is 4.59. The summed E-state index contributed by atoms with van der Waals surface area (Å²) in [5.74, 6) is 1.08. The number of benzene rings is 1. The van der Waals surface area contributed by atoms with Gasteiger partial charge in [0.15, 0.2) is 4.67 Å². The third-order valence-electron chi connectivity index (χ3n) is 3.92. The maximum atomic E-state index is 10.3. The fraction of sp³-hybridized carbons (Fsp3) is 0.375. The number of rotatable bonds is 3.